The first-order valence-electron chi connectivity index (χ1n) is 6.71. The van der Waals surface area contributed by atoms with Crippen LogP contribution in [0.3, 0.4) is 0 Å². The van der Waals surface area contributed by atoms with E-state index in [0.29, 0.717) is 5.92 Å². The highest BCUT2D eigenvalue weighted by molar-refractivity contribution is 6.20. The number of hydrogen-bond donors (Lipinski definition) is 0. The summed E-state index contributed by atoms with van der Waals surface area (Å²) in [6, 6.07) is 8.35. The predicted octanol–water partition coefficient (Wildman–Crippen LogP) is 4.25. The van der Waals surface area contributed by atoms with E-state index in [1.165, 1.54) is 5.52 Å². The van der Waals surface area contributed by atoms with Gasteiger partial charge in [0, 0.05) is 18.3 Å². The zero-order valence-electron chi connectivity index (χ0n) is 11.4. The fraction of sp³-hybridized carbons (Fsp3) is 0.533. The highest BCUT2D eigenvalue weighted by Gasteiger charge is 2.15. The van der Waals surface area contributed by atoms with Crippen LogP contribution in [-0.4, -0.2) is 14.9 Å². The van der Waals surface area contributed by atoms with E-state index in [2.05, 4.69) is 43.5 Å². The summed E-state index contributed by atoms with van der Waals surface area (Å²) < 4.78 is 2.34. The number of halogens is 1. The molecule has 18 heavy (non-hydrogen) atoms. The Morgan fingerprint density at radius 1 is 1.28 bits per heavy atom. The van der Waals surface area contributed by atoms with Crippen LogP contribution in [0.15, 0.2) is 24.3 Å². The van der Waals surface area contributed by atoms with Gasteiger partial charge in [-0.05, 0) is 31.4 Å². The second-order valence-corrected chi connectivity index (χ2v) is 5.72. The molecule has 0 spiro atoms. The molecule has 0 bridgehead atoms. The average molecular weight is 265 g/mol. The van der Waals surface area contributed by atoms with Crippen molar-refractivity contribution in [2.24, 2.45) is 5.92 Å². The molecule has 2 unspecified atom stereocenters. The number of aromatic nitrogens is 2. The second-order valence-electron chi connectivity index (χ2n) is 5.03. The first-order valence-corrected chi connectivity index (χ1v) is 7.15. The van der Waals surface area contributed by atoms with E-state index in [9.17, 15) is 0 Å². The van der Waals surface area contributed by atoms with Crippen LogP contribution in [0.2, 0.25) is 0 Å². The lowest BCUT2D eigenvalue weighted by Crippen LogP contribution is -2.14. The number of hydrogen-bond acceptors (Lipinski definition) is 1. The molecule has 0 aliphatic rings. The Labute approximate surface area is 114 Å². The van der Waals surface area contributed by atoms with Crippen molar-refractivity contribution >= 4 is 22.6 Å². The van der Waals surface area contributed by atoms with Crippen molar-refractivity contribution in [3.05, 3.63) is 30.1 Å². The van der Waals surface area contributed by atoms with Crippen molar-refractivity contribution in [3.63, 3.8) is 0 Å². The lowest BCUT2D eigenvalue weighted by molar-refractivity contribution is 0.527. The van der Waals surface area contributed by atoms with Crippen LogP contribution in [0.5, 0.6) is 0 Å². The van der Waals surface area contributed by atoms with Crippen LogP contribution in [0, 0.1) is 5.92 Å². The van der Waals surface area contributed by atoms with Gasteiger partial charge in [0.05, 0.1) is 11.0 Å². The van der Waals surface area contributed by atoms with E-state index in [1.54, 1.807) is 0 Å². The summed E-state index contributed by atoms with van der Waals surface area (Å²) in [5.74, 6) is 1.61. The molecule has 0 aliphatic carbocycles. The Kier molecular flexibility index (Phi) is 4.28. The monoisotopic (exact) mass is 264 g/mol. The Balaban J connectivity index is 2.39. The molecule has 98 valence electrons. The van der Waals surface area contributed by atoms with Gasteiger partial charge in [0.25, 0.3) is 0 Å². The van der Waals surface area contributed by atoms with E-state index in [4.69, 9.17) is 16.6 Å². The summed E-state index contributed by atoms with van der Waals surface area (Å²) >= 11 is 6.17. The maximum atomic E-state index is 6.17. The quantitative estimate of drug-likeness (QED) is 0.738. The van der Waals surface area contributed by atoms with E-state index < -0.39 is 0 Å². The van der Waals surface area contributed by atoms with Crippen molar-refractivity contribution < 1.29 is 0 Å². The van der Waals surface area contributed by atoms with E-state index in [1.807, 2.05) is 6.07 Å². The Morgan fingerprint density at radius 2 is 2.00 bits per heavy atom. The minimum absolute atomic E-state index is 0.180. The number of para-hydroxylation sites is 2. The predicted molar refractivity (Wildman–Crippen MR) is 78.2 cm³/mol. The molecule has 1 aromatic carbocycles. The molecule has 0 saturated heterocycles. The smallest absolute Gasteiger partial charge is 0.110 e. The summed E-state index contributed by atoms with van der Waals surface area (Å²) in [5.41, 5.74) is 2.33. The van der Waals surface area contributed by atoms with Crippen LogP contribution in [0.1, 0.15) is 33.0 Å². The number of nitrogens with zero attached hydrogens (tertiary/aromatic N) is 2. The minimum atomic E-state index is 0.180. The van der Waals surface area contributed by atoms with Gasteiger partial charge in [-0.15, -0.1) is 11.6 Å². The van der Waals surface area contributed by atoms with Crippen LogP contribution >= 0.6 is 11.6 Å². The van der Waals surface area contributed by atoms with Crippen molar-refractivity contribution in [1.29, 1.82) is 0 Å². The largest absolute Gasteiger partial charge is 0.328 e. The first-order chi connectivity index (χ1) is 8.63. The molecule has 3 heteroatoms. The van der Waals surface area contributed by atoms with E-state index in [0.717, 1.165) is 30.7 Å². The molecule has 2 aromatic rings. The topological polar surface area (TPSA) is 17.8 Å². The summed E-state index contributed by atoms with van der Waals surface area (Å²) in [6.45, 7) is 7.47. The van der Waals surface area contributed by atoms with Gasteiger partial charge in [-0.2, -0.15) is 0 Å². The first kappa shape index (κ1) is 13.4. The van der Waals surface area contributed by atoms with Crippen molar-refractivity contribution in [2.75, 3.05) is 0 Å². The van der Waals surface area contributed by atoms with Crippen molar-refractivity contribution in [3.8, 4) is 0 Å². The van der Waals surface area contributed by atoms with Crippen LogP contribution in [-0.2, 0) is 13.0 Å². The van der Waals surface area contributed by atoms with Crippen LogP contribution in [0.25, 0.3) is 11.0 Å². The number of benzene rings is 1. The Bertz CT molecular complexity index is 516. The number of imidazole rings is 1. The summed E-state index contributed by atoms with van der Waals surface area (Å²) in [7, 11) is 0. The highest BCUT2D eigenvalue weighted by Crippen LogP contribution is 2.21. The van der Waals surface area contributed by atoms with Crippen molar-refractivity contribution in [2.45, 2.75) is 45.5 Å². The highest BCUT2D eigenvalue weighted by atomic mass is 35.5. The minimum Gasteiger partial charge on any atom is -0.328 e. The van der Waals surface area contributed by atoms with Crippen molar-refractivity contribution in [1.82, 2.24) is 9.55 Å². The summed E-state index contributed by atoms with van der Waals surface area (Å²) in [6.07, 6.45) is 2.07. The van der Waals surface area contributed by atoms with Crippen LogP contribution < -0.4 is 0 Å². The van der Waals surface area contributed by atoms with Gasteiger partial charge in [-0.3, -0.25) is 0 Å². The third-order valence-corrected chi connectivity index (χ3v) is 3.90. The molecule has 2 rings (SSSR count). The third-order valence-electron chi connectivity index (χ3n) is 3.47. The zero-order chi connectivity index (χ0) is 13.1. The molecule has 0 saturated carbocycles. The Hall–Kier alpha value is -1.02. The molecule has 0 radical (unpaired) electrons. The van der Waals surface area contributed by atoms with Gasteiger partial charge in [0.2, 0.25) is 0 Å². The number of aryl methyl sites for hydroxylation is 1. The standard InChI is InChI=1S/C15H21ClN2/c1-4-9-18-14-8-6-5-7-13(14)17-15(18)10-11(2)12(3)16/h5-8,11-12H,4,9-10H2,1-3H3. The SMILES string of the molecule is CCCn1c(CC(C)C(C)Cl)nc2ccccc21. The molecular weight excluding hydrogens is 244 g/mol. The van der Waals surface area contributed by atoms with E-state index >= 15 is 0 Å². The maximum Gasteiger partial charge on any atom is 0.110 e. The lowest BCUT2D eigenvalue weighted by atomic mass is 10.0. The van der Waals surface area contributed by atoms with Gasteiger partial charge in [-0.1, -0.05) is 26.0 Å². The molecule has 1 heterocycles. The summed E-state index contributed by atoms with van der Waals surface area (Å²) in [5, 5.41) is 0.180. The molecular formula is C15H21ClN2. The maximum absolute atomic E-state index is 6.17. The number of alkyl halides is 1. The molecule has 2 atom stereocenters. The normalized spacial score (nSPS) is 14.9. The van der Waals surface area contributed by atoms with Gasteiger partial charge in [0.15, 0.2) is 0 Å². The molecule has 0 aliphatic heterocycles. The van der Waals surface area contributed by atoms with Gasteiger partial charge < -0.3 is 4.57 Å². The van der Waals surface area contributed by atoms with Gasteiger partial charge in [-0.25, -0.2) is 4.98 Å². The second kappa shape index (κ2) is 5.75. The van der Waals surface area contributed by atoms with Gasteiger partial charge in [0.1, 0.15) is 5.82 Å². The van der Waals surface area contributed by atoms with Gasteiger partial charge >= 0.3 is 0 Å². The fourth-order valence-corrected chi connectivity index (χ4v) is 2.29. The molecule has 0 N–H and O–H groups in total. The number of rotatable bonds is 5. The fourth-order valence-electron chi connectivity index (χ4n) is 2.20. The number of fused-ring (bicyclic) bond motifs is 1. The molecule has 0 amide bonds. The average Bonchev–Trinajstić information content (AvgIpc) is 2.68. The molecule has 0 fully saturated rings. The lowest BCUT2D eigenvalue weighted by Gasteiger charge is -2.14. The van der Waals surface area contributed by atoms with Crippen LogP contribution in [0.4, 0.5) is 0 Å². The summed E-state index contributed by atoms with van der Waals surface area (Å²) in [4.78, 5) is 4.76. The molecule has 2 nitrogen and oxygen atoms in total. The molecule has 1 aromatic heterocycles. The third kappa shape index (κ3) is 2.69. The Morgan fingerprint density at radius 3 is 2.67 bits per heavy atom. The van der Waals surface area contributed by atoms with E-state index in [-0.39, 0.29) is 5.38 Å². The zero-order valence-corrected chi connectivity index (χ0v) is 12.1.